The minimum Gasteiger partial charge on any atom is -0.368 e. The Balaban J connectivity index is 2.12. The van der Waals surface area contributed by atoms with E-state index in [1.165, 1.54) is 0 Å². The maximum Gasteiger partial charge on any atom is 0.238 e. The van der Waals surface area contributed by atoms with Gasteiger partial charge in [0.2, 0.25) is 5.91 Å². The fourth-order valence-electron chi connectivity index (χ4n) is 2.22. The summed E-state index contributed by atoms with van der Waals surface area (Å²) in [5.74, 6) is 1.95. The smallest absolute Gasteiger partial charge is 0.238 e. The van der Waals surface area contributed by atoms with Crippen LogP contribution in [0.5, 0.6) is 0 Å². The first-order valence-electron chi connectivity index (χ1n) is 4.27. The lowest BCUT2D eigenvalue weighted by Crippen LogP contribution is -2.45. The standard InChI is InChI=1S/C8H14N2OS/c9-6(11)8(10)5-7(8)1-3-12-4-2-7/h1-5,10H2,(H2,9,11). The third kappa shape index (κ3) is 0.910. The van der Waals surface area contributed by atoms with E-state index in [2.05, 4.69) is 0 Å². The third-order valence-corrected chi connectivity index (χ3v) is 4.31. The Hall–Kier alpha value is -0.220. The van der Waals surface area contributed by atoms with Crippen LogP contribution in [0.25, 0.3) is 0 Å². The van der Waals surface area contributed by atoms with E-state index in [1.807, 2.05) is 11.8 Å². The van der Waals surface area contributed by atoms with Crippen LogP contribution in [-0.4, -0.2) is 23.0 Å². The molecule has 2 rings (SSSR count). The quantitative estimate of drug-likeness (QED) is 0.609. The Morgan fingerprint density at radius 1 is 1.33 bits per heavy atom. The minimum absolute atomic E-state index is 0.0874. The number of thioether (sulfide) groups is 1. The molecule has 0 radical (unpaired) electrons. The van der Waals surface area contributed by atoms with E-state index in [4.69, 9.17) is 11.5 Å². The molecule has 1 saturated carbocycles. The molecular weight excluding hydrogens is 172 g/mol. The number of rotatable bonds is 1. The van der Waals surface area contributed by atoms with Crippen LogP contribution in [0.2, 0.25) is 0 Å². The van der Waals surface area contributed by atoms with Crippen molar-refractivity contribution < 1.29 is 4.79 Å². The fourth-order valence-corrected chi connectivity index (χ4v) is 3.50. The van der Waals surface area contributed by atoms with Crippen molar-refractivity contribution in [2.75, 3.05) is 11.5 Å². The highest BCUT2D eigenvalue weighted by Crippen LogP contribution is 2.61. The van der Waals surface area contributed by atoms with Gasteiger partial charge in [-0.05, 0) is 30.8 Å². The molecule has 1 aliphatic heterocycles. The van der Waals surface area contributed by atoms with Gasteiger partial charge >= 0.3 is 0 Å². The summed E-state index contributed by atoms with van der Waals surface area (Å²) in [6.07, 6.45) is 2.95. The molecule has 0 aromatic carbocycles. The largest absolute Gasteiger partial charge is 0.368 e. The zero-order valence-electron chi connectivity index (χ0n) is 7.01. The summed E-state index contributed by atoms with van der Waals surface area (Å²) in [4.78, 5) is 11.0. The van der Waals surface area contributed by atoms with Crippen LogP contribution >= 0.6 is 11.8 Å². The van der Waals surface area contributed by atoms with Crippen molar-refractivity contribution in [3.63, 3.8) is 0 Å². The van der Waals surface area contributed by atoms with Crippen molar-refractivity contribution >= 4 is 17.7 Å². The predicted octanol–water partition coefficient (Wildman–Crippen LogP) is 0.0863. The molecule has 1 aliphatic carbocycles. The topological polar surface area (TPSA) is 69.1 Å². The molecule has 4 N–H and O–H groups in total. The highest BCUT2D eigenvalue weighted by Gasteiger charge is 2.68. The van der Waals surface area contributed by atoms with Crippen LogP contribution < -0.4 is 11.5 Å². The first-order valence-corrected chi connectivity index (χ1v) is 5.43. The third-order valence-electron chi connectivity index (χ3n) is 3.33. The van der Waals surface area contributed by atoms with E-state index in [0.29, 0.717) is 0 Å². The average Bonchev–Trinajstić information content (AvgIpc) is 2.59. The molecule has 0 aromatic rings. The molecule has 1 spiro atoms. The SMILES string of the molecule is NC(=O)C1(N)CC12CCSCC2. The van der Waals surface area contributed by atoms with E-state index < -0.39 is 5.54 Å². The molecule has 68 valence electrons. The van der Waals surface area contributed by atoms with Crippen molar-refractivity contribution in [2.45, 2.75) is 24.8 Å². The summed E-state index contributed by atoms with van der Waals surface area (Å²) in [6, 6.07) is 0. The van der Waals surface area contributed by atoms with Gasteiger partial charge in [-0.15, -0.1) is 0 Å². The predicted molar refractivity (Wildman–Crippen MR) is 49.7 cm³/mol. The van der Waals surface area contributed by atoms with Crippen LogP contribution in [0.4, 0.5) is 0 Å². The van der Waals surface area contributed by atoms with E-state index in [0.717, 1.165) is 30.8 Å². The summed E-state index contributed by atoms with van der Waals surface area (Å²) in [6.45, 7) is 0. The first-order chi connectivity index (χ1) is 5.61. The fraction of sp³-hybridized carbons (Fsp3) is 0.875. The zero-order valence-corrected chi connectivity index (χ0v) is 7.82. The number of carbonyl (C=O) groups excluding carboxylic acids is 1. The Morgan fingerprint density at radius 3 is 2.33 bits per heavy atom. The van der Waals surface area contributed by atoms with Gasteiger partial charge in [-0.25, -0.2) is 0 Å². The number of carbonyl (C=O) groups is 1. The van der Waals surface area contributed by atoms with Gasteiger partial charge in [-0.3, -0.25) is 4.79 Å². The maximum atomic E-state index is 11.0. The normalized spacial score (nSPS) is 38.1. The Bertz CT molecular complexity index is 225. The van der Waals surface area contributed by atoms with Gasteiger partial charge in [0.25, 0.3) is 0 Å². The molecule has 1 heterocycles. The van der Waals surface area contributed by atoms with Gasteiger partial charge in [-0.2, -0.15) is 11.8 Å². The molecular formula is C8H14N2OS. The highest BCUT2D eigenvalue weighted by molar-refractivity contribution is 7.99. The Labute approximate surface area is 76.2 Å². The molecule has 1 unspecified atom stereocenters. The Kier molecular flexibility index (Phi) is 1.67. The lowest BCUT2D eigenvalue weighted by molar-refractivity contribution is -0.121. The van der Waals surface area contributed by atoms with E-state index in [1.54, 1.807) is 0 Å². The van der Waals surface area contributed by atoms with Gasteiger partial charge in [0.1, 0.15) is 5.54 Å². The number of amides is 1. The summed E-state index contributed by atoms with van der Waals surface area (Å²) in [7, 11) is 0. The summed E-state index contributed by atoms with van der Waals surface area (Å²) >= 11 is 1.94. The lowest BCUT2D eigenvalue weighted by atomic mass is 9.93. The first kappa shape index (κ1) is 8.38. The Morgan fingerprint density at radius 2 is 1.92 bits per heavy atom. The average molecular weight is 186 g/mol. The second-order valence-electron chi connectivity index (χ2n) is 3.91. The van der Waals surface area contributed by atoms with Crippen molar-refractivity contribution in [2.24, 2.45) is 16.9 Å². The molecule has 2 aliphatic rings. The molecule has 1 atom stereocenters. The molecule has 1 saturated heterocycles. The van der Waals surface area contributed by atoms with E-state index in [9.17, 15) is 4.79 Å². The van der Waals surface area contributed by atoms with Crippen molar-refractivity contribution in [3.05, 3.63) is 0 Å². The molecule has 0 aromatic heterocycles. The van der Waals surface area contributed by atoms with Crippen LogP contribution in [0, 0.1) is 5.41 Å². The van der Waals surface area contributed by atoms with Gasteiger partial charge in [0.15, 0.2) is 0 Å². The number of hydrogen-bond acceptors (Lipinski definition) is 3. The molecule has 2 fully saturated rings. The second-order valence-corrected chi connectivity index (χ2v) is 5.13. The van der Waals surface area contributed by atoms with Crippen LogP contribution in [0.3, 0.4) is 0 Å². The van der Waals surface area contributed by atoms with Crippen molar-refractivity contribution in [1.82, 2.24) is 0 Å². The maximum absolute atomic E-state index is 11.0. The van der Waals surface area contributed by atoms with Crippen LogP contribution in [0.1, 0.15) is 19.3 Å². The monoisotopic (exact) mass is 186 g/mol. The van der Waals surface area contributed by atoms with E-state index >= 15 is 0 Å². The van der Waals surface area contributed by atoms with Crippen LogP contribution in [-0.2, 0) is 4.79 Å². The van der Waals surface area contributed by atoms with Gasteiger partial charge < -0.3 is 11.5 Å². The lowest BCUT2D eigenvalue weighted by Gasteiger charge is -2.24. The van der Waals surface area contributed by atoms with Crippen LogP contribution in [0.15, 0.2) is 0 Å². The second kappa shape index (κ2) is 2.39. The summed E-state index contributed by atoms with van der Waals surface area (Å²) in [5.41, 5.74) is 10.6. The summed E-state index contributed by atoms with van der Waals surface area (Å²) in [5, 5.41) is 0. The number of hydrogen-bond donors (Lipinski definition) is 2. The molecule has 1 amide bonds. The van der Waals surface area contributed by atoms with Crippen molar-refractivity contribution in [3.8, 4) is 0 Å². The zero-order chi connectivity index (χ0) is 8.82. The molecule has 0 bridgehead atoms. The number of primary amides is 1. The molecule has 3 nitrogen and oxygen atoms in total. The highest BCUT2D eigenvalue weighted by atomic mass is 32.2. The van der Waals surface area contributed by atoms with E-state index in [-0.39, 0.29) is 11.3 Å². The van der Waals surface area contributed by atoms with Gasteiger partial charge in [-0.1, -0.05) is 0 Å². The number of nitrogens with two attached hydrogens (primary N) is 2. The van der Waals surface area contributed by atoms with Crippen molar-refractivity contribution in [1.29, 1.82) is 0 Å². The minimum atomic E-state index is -0.659. The molecule has 12 heavy (non-hydrogen) atoms. The van der Waals surface area contributed by atoms with Gasteiger partial charge in [0.05, 0.1) is 0 Å². The molecule has 4 heteroatoms. The van der Waals surface area contributed by atoms with Gasteiger partial charge in [0, 0.05) is 5.41 Å². The summed E-state index contributed by atoms with van der Waals surface area (Å²) < 4.78 is 0.